The molecule has 4 bridgehead atoms. The van der Waals surface area contributed by atoms with E-state index in [0.29, 0.717) is 31.8 Å². The summed E-state index contributed by atoms with van der Waals surface area (Å²) in [5.41, 5.74) is -8.37. The van der Waals surface area contributed by atoms with Crippen LogP contribution in [0.25, 0.3) is 0 Å². The molecule has 0 aromatic carbocycles. The van der Waals surface area contributed by atoms with Gasteiger partial charge < -0.3 is 49.2 Å². The molecule has 13 unspecified atom stereocenters. The smallest absolute Gasteiger partial charge is 0.338 e. The lowest BCUT2D eigenvalue weighted by Crippen LogP contribution is -2.78. The summed E-state index contributed by atoms with van der Waals surface area (Å²) in [4.78, 5) is 55.6. The van der Waals surface area contributed by atoms with Crippen LogP contribution in [0.3, 0.4) is 0 Å². The van der Waals surface area contributed by atoms with Crippen molar-refractivity contribution >= 4 is 23.9 Å². The van der Waals surface area contributed by atoms with Crippen LogP contribution in [0.15, 0.2) is 0 Å². The van der Waals surface area contributed by atoms with Crippen LogP contribution in [-0.4, -0.2) is 132 Å². The van der Waals surface area contributed by atoms with Gasteiger partial charge in [0, 0.05) is 44.3 Å². The fourth-order valence-corrected chi connectivity index (χ4v) is 13.1. The van der Waals surface area contributed by atoms with Crippen LogP contribution in [0.2, 0.25) is 0 Å². The monoisotopic (exact) mass is 793 g/mol. The number of carbonyl (C=O) groups excluding carboxylic acids is 4. The molecule has 0 radical (unpaired) electrons. The highest BCUT2D eigenvalue weighted by molar-refractivity contribution is 5.79. The van der Waals surface area contributed by atoms with Crippen LogP contribution in [0.4, 0.5) is 0 Å². The van der Waals surface area contributed by atoms with Crippen molar-refractivity contribution in [2.24, 2.45) is 46.8 Å². The predicted molar refractivity (Wildman–Crippen MR) is 195 cm³/mol. The maximum Gasteiger partial charge on any atom is 0.338 e. The molecule has 0 amide bonds. The predicted octanol–water partition coefficient (Wildman–Crippen LogP) is 1.61. The van der Waals surface area contributed by atoms with E-state index in [1.807, 2.05) is 13.8 Å². The molecule has 56 heavy (non-hydrogen) atoms. The molecule has 5 N–H and O–H groups in total. The number of hydrogen-bond donors (Lipinski definition) is 5. The second-order valence-electron chi connectivity index (χ2n) is 19.2. The summed E-state index contributed by atoms with van der Waals surface area (Å²) in [7, 11) is 0. The lowest BCUT2D eigenvalue weighted by atomic mass is 9.48. The van der Waals surface area contributed by atoms with E-state index in [0.717, 1.165) is 6.42 Å². The van der Waals surface area contributed by atoms with Crippen molar-refractivity contribution in [2.75, 3.05) is 13.1 Å². The van der Waals surface area contributed by atoms with Gasteiger partial charge in [-0.05, 0) is 76.5 Å². The van der Waals surface area contributed by atoms with Crippen molar-refractivity contribution < 1.29 is 68.4 Å². The van der Waals surface area contributed by atoms with Gasteiger partial charge in [-0.15, -0.1) is 0 Å². The lowest BCUT2D eigenvalue weighted by Gasteiger charge is -2.64. The first-order valence-corrected chi connectivity index (χ1v) is 20.7. The number of ether oxygens (including phenoxy) is 5. The average molecular weight is 794 g/mol. The third-order valence-electron chi connectivity index (χ3n) is 16.0. The lowest BCUT2D eigenvalue weighted by molar-refractivity contribution is -0.301. The molecule has 1 spiro atoms. The van der Waals surface area contributed by atoms with Gasteiger partial charge in [-0.25, -0.2) is 4.79 Å². The van der Waals surface area contributed by atoms with Gasteiger partial charge in [-0.1, -0.05) is 34.6 Å². The fourth-order valence-electron chi connectivity index (χ4n) is 13.1. The maximum atomic E-state index is 13.9. The van der Waals surface area contributed by atoms with E-state index in [4.69, 9.17) is 23.7 Å². The number of fused-ring (bicyclic) bond motifs is 5. The second kappa shape index (κ2) is 13.6. The molecule has 4 aliphatic carbocycles. The van der Waals surface area contributed by atoms with E-state index in [2.05, 4.69) is 11.8 Å². The van der Waals surface area contributed by atoms with Crippen LogP contribution in [-0.2, 0) is 42.9 Å². The van der Waals surface area contributed by atoms with E-state index in [1.54, 1.807) is 20.8 Å². The Balaban J connectivity index is 1.45. The first-order valence-electron chi connectivity index (χ1n) is 20.7. The van der Waals surface area contributed by atoms with E-state index < -0.39 is 124 Å². The van der Waals surface area contributed by atoms with Crippen LogP contribution >= 0.6 is 0 Å². The van der Waals surface area contributed by atoms with Crippen LogP contribution in [0.5, 0.6) is 0 Å². The summed E-state index contributed by atoms with van der Waals surface area (Å²) in [5.74, 6) is -10.8. The zero-order valence-electron chi connectivity index (χ0n) is 34.2. The number of aliphatic hydroxyl groups excluding tert-OH is 1. The number of rotatable bonds is 8. The summed E-state index contributed by atoms with van der Waals surface area (Å²) in [5, 5.41) is 62.9. The molecular weight excluding hydrogens is 730 g/mol. The molecule has 3 aliphatic heterocycles. The Labute approximate surface area is 328 Å². The van der Waals surface area contributed by atoms with Gasteiger partial charge in [-0.3, -0.25) is 19.3 Å². The highest BCUT2D eigenvalue weighted by Crippen LogP contribution is 2.78. The van der Waals surface area contributed by atoms with Crippen LogP contribution < -0.4 is 0 Å². The molecule has 0 aromatic rings. The zero-order chi connectivity index (χ0) is 41.3. The Kier molecular flexibility index (Phi) is 10.1. The minimum Gasteiger partial charge on any atom is -0.458 e. The summed E-state index contributed by atoms with van der Waals surface area (Å²) in [6, 6.07) is -0.309. The number of nitrogens with zero attached hydrogens (tertiary/aromatic N) is 1. The summed E-state index contributed by atoms with van der Waals surface area (Å²) < 4.78 is 31.3. The van der Waals surface area contributed by atoms with Crippen molar-refractivity contribution in [1.82, 2.24) is 4.90 Å². The van der Waals surface area contributed by atoms with E-state index in [9.17, 15) is 44.7 Å². The highest BCUT2D eigenvalue weighted by Gasteiger charge is 2.90. The Morgan fingerprint density at radius 1 is 0.929 bits per heavy atom. The number of hydrogen-bond acceptors (Lipinski definition) is 15. The van der Waals surface area contributed by atoms with Crippen LogP contribution in [0, 0.1) is 46.8 Å². The zero-order valence-corrected chi connectivity index (χ0v) is 34.2. The molecule has 7 aliphatic rings. The molecule has 3 saturated heterocycles. The summed E-state index contributed by atoms with van der Waals surface area (Å²) >= 11 is 0. The number of esters is 4. The Morgan fingerprint density at radius 2 is 1.55 bits per heavy atom. The number of piperidine rings is 2. The second-order valence-corrected chi connectivity index (χ2v) is 19.2. The van der Waals surface area contributed by atoms with Gasteiger partial charge in [0.05, 0.1) is 35.1 Å². The Bertz CT molecular complexity index is 1620. The quantitative estimate of drug-likeness (QED) is 0.174. The van der Waals surface area contributed by atoms with Gasteiger partial charge in [0.15, 0.2) is 17.8 Å². The van der Waals surface area contributed by atoms with Gasteiger partial charge in [0.1, 0.15) is 17.8 Å². The number of aliphatic hydroxyl groups is 5. The molecule has 0 aromatic heterocycles. The molecule has 15 nitrogen and oxygen atoms in total. The topological polar surface area (TPSA) is 219 Å². The van der Waals surface area contributed by atoms with Gasteiger partial charge in [0.2, 0.25) is 5.79 Å². The molecule has 19 atom stereocenters. The fraction of sp³-hybridized carbons (Fsp3) is 0.902. The minimum absolute atomic E-state index is 0.0107. The molecule has 7 rings (SSSR count). The minimum atomic E-state index is -2.38. The molecule has 7 fully saturated rings. The third kappa shape index (κ3) is 5.60. The van der Waals surface area contributed by atoms with Crippen molar-refractivity contribution in [3.63, 3.8) is 0 Å². The SMILES string of the molecule is CCC(C)C(=O)O[C@H]1[C@H](O)C2C(CN3CC(C)CCC3C2(C)O)C2C[C@]34O[C@]5(O)C(OC(=O)C(C)(O)CC)CC[C@@]3(C)C5C(OC(C)=O)C(OC(C)=O)C4[C@@]21O. The molecule has 4 saturated carbocycles. The standard InChI is InChI=1S/C41H63NO14/c1-10-20(4)34(46)55-33-28(45)27-23(18-42-17-19(3)12-13-25(42)38(27,9)49)24-16-39-32(40(24,33)50)30(53-22(6)44)29(52-21(5)43)31-36(39,7)15-14-26(41(31,51)56-39)54-35(47)37(8,48)11-2/h19-20,23-33,45,48-51H,10-18H2,1-9H3/t19?,20?,23?,24?,25?,26?,27?,28-,29?,30?,31?,32?,33+,36+,37?,38?,39-,40+,41-/m1/s1. The van der Waals surface area contributed by atoms with E-state index in [1.165, 1.54) is 20.8 Å². The summed E-state index contributed by atoms with van der Waals surface area (Å²) in [6.07, 6.45) is -5.31. The summed E-state index contributed by atoms with van der Waals surface area (Å²) in [6.45, 7) is 15.5. The first-order chi connectivity index (χ1) is 26.0. The van der Waals surface area contributed by atoms with Crippen LogP contribution in [0.1, 0.15) is 107 Å². The van der Waals surface area contributed by atoms with E-state index >= 15 is 0 Å². The van der Waals surface area contributed by atoms with Crippen molar-refractivity contribution in [1.29, 1.82) is 0 Å². The molecule has 3 heterocycles. The third-order valence-corrected chi connectivity index (χ3v) is 16.0. The highest BCUT2D eigenvalue weighted by atomic mass is 16.7. The van der Waals surface area contributed by atoms with Gasteiger partial charge >= 0.3 is 23.9 Å². The Morgan fingerprint density at radius 3 is 2.14 bits per heavy atom. The maximum absolute atomic E-state index is 13.9. The first kappa shape index (κ1) is 41.7. The van der Waals surface area contributed by atoms with Gasteiger partial charge in [0.25, 0.3) is 0 Å². The van der Waals surface area contributed by atoms with Crippen molar-refractivity contribution in [3.8, 4) is 0 Å². The molecular formula is C41H63NO14. The van der Waals surface area contributed by atoms with Crippen molar-refractivity contribution in [2.45, 2.75) is 172 Å². The normalized spacial score (nSPS) is 50.5. The molecule has 15 heteroatoms. The average Bonchev–Trinajstić information content (AvgIpc) is 3.40. The van der Waals surface area contributed by atoms with E-state index in [-0.39, 0.29) is 31.7 Å². The number of carbonyl (C=O) groups is 4. The van der Waals surface area contributed by atoms with Gasteiger partial charge in [-0.2, -0.15) is 0 Å². The Hall–Kier alpha value is -2.40. The molecule has 316 valence electrons. The van der Waals surface area contributed by atoms with Crippen molar-refractivity contribution in [3.05, 3.63) is 0 Å². The largest absolute Gasteiger partial charge is 0.458 e.